The minimum Gasteiger partial charge on any atom is -0.371 e. The van der Waals surface area contributed by atoms with E-state index in [0.29, 0.717) is 0 Å². The quantitative estimate of drug-likeness (QED) is 0.187. The van der Waals surface area contributed by atoms with Gasteiger partial charge in [0.25, 0.3) is 0 Å². The number of piperidine rings is 3. The van der Waals surface area contributed by atoms with Gasteiger partial charge in [0.05, 0.1) is 18.3 Å². The maximum Gasteiger partial charge on any atom is 0.171 e. The molecular weight excluding hydrogens is 666 g/mol. The van der Waals surface area contributed by atoms with E-state index in [0.717, 1.165) is 77.8 Å². The molecule has 0 unspecified atom stereocenters. The second-order valence-corrected chi connectivity index (χ2v) is 15.8. The lowest BCUT2D eigenvalue weighted by Gasteiger charge is -2.42. The molecule has 5 rings (SSSR count). The van der Waals surface area contributed by atoms with Gasteiger partial charge in [0.2, 0.25) is 0 Å². The van der Waals surface area contributed by atoms with Gasteiger partial charge >= 0.3 is 0 Å². The van der Waals surface area contributed by atoms with Gasteiger partial charge in [-0.25, -0.2) is 0 Å². The molecule has 3 fully saturated rings. The average molecular weight is 742 g/mol. The number of benzene rings is 2. The van der Waals surface area contributed by atoms with Crippen LogP contribution in [0.25, 0.3) is 0 Å². The minimum absolute atomic E-state index is 0.199. The molecule has 2 aromatic rings. The maximum atomic E-state index is 5.99. The molecule has 0 atom stereocenters. The molecule has 302 valence electrons. The second-order valence-electron chi connectivity index (χ2n) is 15.8. The molecule has 2 aromatic carbocycles. The van der Waals surface area contributed by atoms with Gasteiger partial charge in [0, 0.05) is 110 Å². The number of methoxy groups -OCH3 is 3. The third-order valence-corrected chi connectivity index (χ3v) is 10.5. The van der Waals surface area contributed by atoms with Crippen molar-refractivity contribution in [2.75, 3.05) is 76.9 Å². The molecular formula is C44H75N3O6. The van der Waals surface area contributed by atoms with Gasteiger partial charge < -0.3 is 43.1 Å². The average Bonchev–Trinajstić information content (AvgIpc) is 3.14. The van der Waals surface area contributed by atoms with E-state index < -0.39 is 11.6 Å². The van der Waals surface area contributed by atoms with Gasteiger partial charge in [-0.2, -0.15) is 0 Å². The Labute approximate surface area is 323 Å². The van der Waals surface area contributed by atoms with Gasteiger partial charge in [-0.3, -0.25) is 0 Å². The van der Waals surface area contributed by atoms with Crippen LogP contribution in [0.5, 0.6) is 0 Å². The smallest absolute Gasteiger partial charge is 0.171 e. The van der Waals surface area contributed by atoms with Crippen molar-refractivity contribution < 1.29 is 28.4 Å². The standard InChI is InChI=1S/2C16H25NO2.C12H25NO2/c1-13(2)19-16(18-4)9-11-17(12-10-16)15-7-5-14(3)6-8-15;1-13(2)19-16(18-4)9-11-17(12-10-16)15-8-6-5-7-14(15)3;1-5-8-13-9-6-12(14-4,7-10-13)15-11(2)3/h2*5-8,13H,9-12H2,1-4H3;11H,5-10H2,1-4H3. The topological polar surface area (TPSA) is 65.1 Å². The molecule has 53 heavy (non-hydrogen) atoms. The van der Waals surface area contributed by atoms with Crippen molar-refractivity contribution in [2.45, 2.75) is 143 Å². The monoisotopic (exact) mass is 742 g/mol. The van der Waals surface area contributed by atoms with Gasteiger partial charge in [0.1, 0.15) is 0 Å². The third kappa shape index (κ3) is 14.1. The van der Waals surface area contributed by atoms with Crippen LogP contribution in [0.3, 0.4) is 0 Å². The molecule has 0 spiro atoms. The summed E-state index contributed by atoms with van der Waals surface area (Å²) in [5, 5.41) is 0. The van der Waals surface area contributed by atoms with E-state index in [4.69, 9.17) is 28.4 Å². The summed E-state index contributed by atoms with van der Waals surface area (Å²) in [6.07, 6.45) is 7.49. The van der Waals surface area contributed by atoms with Crippen molar-refractivity contribution in [1.29, 1.82) is 0 Å². The summed E-state index contributed by atoms with van der Waals surface area (Å²) in [4.78, 5) is 7.32. The minimum atomic E-state index is -0.395. The first-order valence-corrected chi connectivity index (χ1v) is 20.3. The van der Waals surface area contributed by atoms with Crippen LogP contribution >= 0.6 is 0 Å². The predicted octanol–water partition coefficient (Wildman–Crippen LogP) is 8.99. The first-order valence-electron chi connectivity index (χ1n) is 20.3. The molecule has 0 bridgehead atoms. The van der Waals surface area contributed by atoms with Crippen LogP contribution in [0.15, 0.2) is 48.5 Å². The van der Waals surface area contributed by atoms with E-state index in [1.54, 1.807) is 21.3 Å². The molecule has 3 saturated heterocycles. The second kappa shape index (κ2) is 21.7. The van der Waals surface area contributed by atoms with E-state index in [9.17, 15) is 0 Å². The number of para-hydroxylation sites is 1. The van der Waals surface area contributed by atoms with Crippen molar-refractivity contribution in [3.8, 4) is 0 Å². The molecule has 9 heteroatoms. The van der Waals surface area contributed by atoms with Gasteiger partial charge in [-0.1, -0.05) is 42.8 Å². The molecule has 0 amide bonds. The number of aryl methyl sites for hydroxylation is 2. The Balaban J connectivity index is 0.000000216. The zero-order chi connectivity index (χ0) is 39.1. The van der Waals surface area contributed by atoms with Crippen LogP contribution in [0.1, 0.15) is 105 Å². The Morgan fingerprint density at radius 2 is 0.943 bits per heavy atom. The highest BCUT2D eigenvalue weighted by Gasteiger charge is 2.38. The number of nitrogens with zero attached hydrogens (tertiary/aromatic N) is 3. The highest BCUT2D eigenvalue weighted by atomic mass is 16.7. The van der Waals surface area contributed by atoms with E-state index in [2.05, 4.69) is 126 Å². The molecule has 0 radical (unpaired) electrons. The van der Waals surface area contributed by atoms with Crippen molar-refractivity contribution >= 4 is 11.4 Å². The summed E-state index contributed by atoms with van der Waals surface area (Å²) < 4.78 is 34.7. The number of rotatable bonds is 13. The zero-order valence-corrected chi connectivity index (χ0v) is 35.5. The normalized spacial score (nSPS) is 19.8. The van der Waals surface area contributed by atoms with Crippen LogP contribution in [0.2, 0.25) is 0 Å². The Morgan fingerprint density at radius 1 is 0.547 bits per heavy atom. The molecule has 3 aliphatic rings. The molecule has 0 aliphatic carbocycles. The van der Waals surface area contributed by atoms with Crippen LogP contribution in [0.4, 0.5) is 11.4 Å². The Kier molecular flexibility index (Phi) is 18.5. The van der Waals surface area contributed by atoms with Crippen molar-refractivity contribution in [1.82, 2.24) is 4.90 Å². The van der Waals surface area contributed by atoms with Crippen molar-refractivity contribution in [3.05, 3.63) is 59.7 Å². The first-order chi connectivity index (χ1) is 25.2. The summed E-state index contributed by atoms with van der Waals surface area (Å²) in [6.45, 7) is 26.2. The Bertz CT molecular complexity index is 1280. The van der Waals surface area contributed by atoms with E-state index in [1.807, 2.05) is 0 Å². The fourth-order valence-electron chi connectivity index (χ4n) is 7.70. The largest absolute Gasteiger partial charge is 0.371 e. The number of ether oxygens (including phenoxy) is 6. The summed E-state index contributed by atoms with van der Waals surface area (Å²) in [5.74, 6) is -1.11. The number of hydrogen-bond acceptors (Lipinski definition) is 9. The zero-order valence-electron chi connectivity index (χ0n) is 35.5. The van der Waals surface area contributed by atoms with Crippen molar-refractivity contribution in [2.24, 2.45) is 0 Å². The molecule has 3 aliphatic heterocycles. The van der Waals surface area contributed by atoms with Gasteiger partial charge in [0.15, 0.2) is 17.4 Å². The van der Waals surface area contributed by atoms with Crippen LogP contribution in [-0.2, 0) is 28.4 Å². The summed E-state index contributed by atoms with van der Waals surface area (Å²) in [5.41, 5.74) is 5.25. The predicted molar refractivity (Wildman–Crippen MR) is 219 cm³/mol. The Morgan fingerprint density at radius 3 is 1.32 bits per heavy atom. The summed E-state index contributed by atoms with van der Waals surface area (Å²) in [7, 11) is 5.27. The molecule has 9 nitrogen and oxygen atoms in total. The lowest BCUT2D eigenvalue weighted by Crippen LogP contribution is -2.48. The number of likely N-dealkylation sites (tertiary alicyclic amines) is 1. The Hall–Kier alpha value is -2.24. The molecule has 3 heterocycles. The van der Waals surface area contributed by atoms with Gasteiger partial charge in [-0.05, 0) is 92.1 Å². The van der Waals surface area contributed by atoms with Gasteiger partial charge in [-0.15, -0.1) is 0 Å². The third-order valence-electron chi connectivity index (χ3n) is 10.5. The first kappa shape index (κ1) is 45.2. The van der Waals surface area contributed by atoms with E-state index >= 15 is 0 Å². The van der Waals surface area contributed by atoms with Crippen LogP contribution < -0.4 is 9.80 Å². The van der Waals surface area contributed by atoms with Crippen LogP contribution in [-0.4, -0.2) is 108 Å². The fraction of sp³-hybridized carbons (Fsp3) is 0.727. The highest BCUT2D eigenvalue weighted by Crippen LogP contribution is 2.33. The SMILES string of the molecule is CCCN1CCC(OC)(OC(C)C)CC1.COC1(OC(C)C)CCN(c2ccc(C)cc2)CC1.COC1(OC(C)C)CCN(c2ccccc2C)CC1. The van der Waals surface area contributed by atoms with Crippen LogP contribution in [0, 0.1) is 13.8 Å². The maximum absolute atomic E-state index is 5.99. The lowest BCUT2D eigenvalue weighted by molar-refractivity contribution is -0.259. The lowest BCUT2D eigenvalue weighted by atomic mass is 10.0. The molecule has 0 saturated carbocycles. The summed E-state index contributed by atoms with van der Waals surface area (Å²) in [6, 6.07) is 17.3. The fourth-order valence-corrected chi connectivity index (χ4v) is 7.70. The molecule has 0 aromatic heterocycles. The number of anilines is 2. The highest BCUT2D eigenvalue weighted by molar-refractivity contribution is 5.53. The summed E-state index contributed by atoms with van der Waals surface area (Å²) >= 11 is 0. The van der Waals surface area contributed by atoms with E-state index in [-0.39, 0.29) is 24.1 Å². The molecule has 0 N–H and O–H groups in total. The van der Waals surface area contributed by atoms with Crippen molar-refractivity contribution in [3.63, 3.8) is 0 Å². The number of hydrogen-bond donors (Lipinski definition) is 0. The van der Waals surface area contributed by atoms with E-state index in [1.165, 1.54) is 35.5 Å².